The highest BCUT2D eigenvalue weighted by molar-refractivity contribution is 7.99. The van der Waals surface area contributed by atoms with Crippen LogP contribution in [0.25, 0.3) is 11.4 Å². The summed E-state index contributed by atoms with van der Waals surface area (Å²) in [4.78, 5) is 13.4. The van der Waals surface area contributed by atoms with Crippen molar-refractivity contribution in [1.29, 1.82) is 5.26 Å². The molecule has 2 N–H and O–H groups in total. The first-order valence-corrected chi connectivity index (χ1v) is 8.09. The van der Waals surface area contributed by atoms with Gasteiger partial charge in [-0.05, 0) is 24.3 Å². The van der Waals surface area contributed by atoms with Crippen LogP contribution in [0.1, 0.15) is 6.42 Å². The molecule has 1 heterocycles. The van der Waals surface area contributed by atoms with Gasteiger partial charge in [0.15, 0.2) is 5.82 Å². The molecule has 120 valence electrons. The van der Waals surface area contributed by atoms with Gasteiger partial charge in [-0.25, -0.2) is 4.68 Å². The number of aromatic nitrogens is 3. The van der Waals surface area contributed by atoms with Crippen LogP contribution in [0.3, 0.4) is 0 Å². The fraction of sp³-hybridized carbons (Fsp3) is 0.286. The van der Waals surface area contributed by atoms with Crippen molar-refractivity contribution in [2.45, 2.75) is 11.6 Å². The largest absolute Gasteiger partial charge is 0.344 e. The Kier molecular flexibility index (Phi) is 5.84. The van der Waals surface area contributed by atoms with Gasteiger partial charge in [0.25, 0.3) is 0 Å². The summed E-state index contributed by atoms with van der Waals surface area (Å²) in [6.07, 6.45) is 0.306. The Morgan fingerprint density at radius 3 is 2.78 bits per heavy atom. The number of nitriles is 1. The third kappa shape index (κ3) is 4.37. The molecule has 0 aliphatic carbocycles. The van der Waals surface area contributed by atoms with Gasteiger partial charge in [-0.2, -0.15) is 5.26 Å². The molecule has 7 nitrogen and oxygen atoms in total. The van der Waals surface area contributed by atoms with Crippen molar-refractivity contribution in [2.75, 3.05) is 25.2 Å². The maximum Gasteiger partial charge on any atom is 0.232 e. The monoisotopic (exact) mass is 350 g/mol. The van der Waals surface area contributed by atoms with E-state index in [2.05, 4.69) is 10.2 Å². The SMILES string of the molecule is CN(CCC#N)C(=O)CSc1nnc(-c2ccc(Cl)cc2)n1N. The Bertz CT molecular complexity index is 724. The van der Waals surface area contributed by atoms with Crippen LogP contribution in [0, 0.1) is 11.3 Å². The number of hydrogen-bond acceptors (Lipinski definition) is 6. The molecule has 0 spiro atoms. The number of carbonyl (C=O) groups excluding carboxylic acids is 1. The summed E-state index contributed by atoms with van der Waals surface area (Å²) < 4.78 is 1.34. The Labute approximate surface area is 143 Å². The summed E-state index contributed by atoms with van der Waals surface area (Å²) in [6, 6.07) is 9.08. The van der Waals surface area contributed by atoms with Crippen molar-refractivity contribution < 1.29 is 4.79 Å². The molecule has 9 heteroatoms. The van der Waals surface area contributed by atoms with Gasteiger partial charge >= 0.3 is 0 Å². The quantitative estimate of drug-likeness (QED) is 0.629. The zero-order valence-electron chi connectivity index (χ0n) is 12.4. The molecule has 1 aromatic heterocycles. The number of rotatable bonds is 6. The minimum absolute atomic E-state index is 0.0960. The van der Waals surface area contributed by atoms with Crippen LogP contribution < -0.4 is 5.84 Å². The fourth-order valence-corrected chi connectivity index (χ4v) is 2.67. The van der Waals surface area contributed by atoms with Crippen molar-refractivity contribution in [1.82, 2.24) is 19.8 Å². The van der Waals surface area contributed by atoms with E-state index in [-0.39, 0.29) is 11.7 Å². The third-order valence-electron chi connectivity index (χ3n) is 3.08. The number of benzene rings is 1. The zero-order chi connectivity index (χ0) is 16.8. The highest BCUT2D eigenvalue weighted by atomic mass is 35.5. The summed E-state index contributed by atoms with van der Waals surface area (Å²) in [5, 5.41) is 17.6. The summed E-state index contributed by atoms with van der Waals surface area (Å²) in [6.45, 7) is 0.404. The second-order valence-electron chi connectivity index (χ2n) is 4.70. The second-order valence-corrected chi connectivity index (χ2v) is 6.07. The van der Waals surface area contributed by atoms with Crippen molar-refractivity contribution in [2.24, 2.45) is 0 Å². The number of carbonyl (C=O) groups is 1. The molecule has 0 saturated carbocycles. The van der Waals surface area contributed by atoms with Gasteiger partial charge in [0.05, 0.1) is 18.2 Å². The lowest BCUT2D eigenvalue weighted by molar-refractivity contribution is -0.127. The van der Waals surface area contributed by atoms with E-state index in [1.807, 2.05) is 6.07 Å². The molecule has 0 bridgehead atoms. The van der Waals surface area contributed by atoms with Gasteiger partial charge in [-0.15, -0.1) is 10.2 Å². The maximum absolute atomic E-state index is 11.9. The van der Waals surface area contributed by atoms with E-state index in [0.717, 1.165) is 5.56 Å². The summed E-state index contributed by atoms with van der Waals surface area (Å²) in [5.74, 6) is 6.56. The summed E-state index contributed by atoms with van der Waals surface area (Å²) >= 11 is 7.05. The van der Waals surface area contributed by atoms with Crippen LogP contribution in [0.2, 0.25) is 5.02 Å². The molecule has 0 aliphatic heterocycles. The predicted molar refractivity (Wildman–Crippen MR) is 89.2 cm³/mol. The first kappa shape index (κ1) is 17.1. The molecule has 1 aromatic carbocycles. The minimum Gasteiger partial charge on any atom is -0.344 e. The van der Waals surface area contributed by atoms with Crippen molar-refractivity contribution >= 4 is 29.3 Å². The Morgan fingerprint density at radius 1 is 1.43 bits per heavy atom. The van der Waals surface area contributed by atoms with Crippen LogP contribution in [0.5, 0.6) is 0 Å². The molecule has 0 atom stereocenters. The molecule has 0 aliphatic rings. The van der Waals surface area contributed by atoms with Crippen LogP contribution in [0.15, 0.2) is 29.4 Å². The van der Waals surface area contributed by atoms with E-state index in [4.69, 9.17) is 22.7 Å². The highest BCUT2D eigenvalue weighted by Crippen LogP contribution is 2.23. The number of hydrogen-bond donors (Lipinski definition) is 1. The number of nitrogens with zero attached hydrogens (tertiary/aromatic N) is 5. The molecule has 0 fully saturated rings. The first-order valence-electron chi connectivity index (χ1n) is 6.73. The van der Waals surface area contributed by atoms with E-state index in [9.17, 15) is 4.79 Å². The molecular weight excluding hydrogens is 336 g/mol. The standard InChI is InChI=1S/C14H15ClN6OS/c1-20(8-2-7-16)12(22)9-23-14-19-18-13(21(14)17)10-3-5-11(15)6-4-10/h3-6H,2,8-9,17H2,1H3. The van der Waals surface area contributed by atoms with E-state index in [1.165, 1.54) is 21.3 Å². The van der Waals surface area contributed by atoms with Gasteiger partial charge < -0.3 is 10.7 Å². The lowest BCUT2D eigenvalue weighted by Crippen LogP contribution is -2.29. The molecule has 2 rings (SSSR count). The average molecular weight is 351 g/mol. The first-order chi connectivity index (χ1) is 11.0. The minimum atomic E-state index is -0.0960. The molecule has 0 radical (unpaired) electrons. The summed E-state index contributed by atoms with van der Waals surface area (Å²) in [7, 11) is 1.66. The lowest BCUT2D eigenvalue weighted by Gasteiger charge is -2.14. The van der Waals surface area contributed by atoms with Crippen molar-refractivity contribution in [3.63, 3.8) is 0 Å². The van der Waals surface area contributed by atoms with Crippen LogP contribution in [-0.4, -0.2) is 45.0 Å². The van der Waals surface area contributed by atoms with Gasteiger partial charge in [-0.3, -0.25) is 4.79 Å². The summed E-state index contributed by atoms with van der Waals surface area (Å²) in [5.41, 5.74) is 0.786. The topological polar surface area (TPSA) is 101 Å². The number of nitrogen functional groups attached to an aromatic ring is 1. The highest BCUT2D eigenvalue weighted by Gasteiger charge is 2.15. The predicted octanol–water partition coefficient (Wildman–Crippen LogP) is 1.78. The van der Waals surface area contributed by atoms with E-state index in [0.29, 0.717) is 29.0 Å². The number of thioether (sulfide) groups is 1. The second kappa shape index (κ2) is 7.85. The zero-order valence-corrected chi connectivity index (χ0v) is 14.0. The van der Waals surface area contributed by atoms with Crippen LogP contribution >= 0.6 is 23.4 Å². The maximum atomic E-state index is 11.9. The Hall–Kier alpha value is -2.24. The third-order valence-corrected chi connectivity index (χ3v) is 4.26. The van der Waals surface area contributed by atoms with Gasteiger partial charge in [0.1, 0.15) is 0 Å². The normalized spacial score (nSPS) is 10.3. The molecule has 0 saturated heterocycles. The van der Waals surface area contributed by atoms with Crippen molar-refractivity contribution in [3.05, 3.63) is 29.3 Å². The van der Waals surface area contributed by atoms with Crippen LogP contribution in [-0.2, 0) is 4.79 Å². The molecule has 2 aromatic rings. The van der Waals surface area contributed by atoms with E-state index >= 15 is 0 Å². The van der Waals surface area contributed by atoms with Crippen molar-refractivity contribution in [3.8, 4) is 17.5 Å². The number of halogens is 1. The lowest BCUT2D eigenvalue weighted by atomic mass is 10.2. The van der Waals surface area contributed by atoms with Crippen LogP contribution in [0.4, 0.5) is 0 Å². The fourth-order valence-electron chi connectivity index (χ4n) is 1.75. The molecule has 23 heavy (non-hydrogen) atoms. The number of amides is 1. The average Bonchev–Trinajstić information content (AvgIpc) is 2.92. The van der Waals surface area contributed by atoms with Gasteiger partial charge in [0.2, 0.25) is 11.1 Å². The Morgan fingerprint density at radius 2 is 2.13 bits per heavy atom. The molecule has 1 amide bonds. The number of nitrogens with two attached hydrogens (primary N) is 1. The molecular formula is C14H15ClN6OS. The van der Waals surface area contributed by atoms with Gasteiger partial charge in [0, 0.05) is 24.2 Å². The Balaban J connectivity index is 2.01. The van der Waals surface area contributed by atoms with E-state index < -0.39 is 0 Å². The van der Waals surface area contributed by atoms with E-state index in [1.54, 1.807) is 31.3 Å². The molecule has 0 unspecified atom stereocenters. The smallest absolute Gasteiger partial charge is 0.232 e. The van der Waals surface area contributed by atoms with Gasteiger partial charge in [-0.1, -0.05) is 23.4 Å².